The molecule has 10 nitrogen and oxygen atoms in total. The van der Waals surface area contributed by atoms with Crippen molar-refractivity contribution in [2.24, 2.45) is 0 Å². The van der Waals surface area contributed by atoms with E-state index in [1.807, 2.05) is 38.1 Å². The predicted octanol–water partition coefficient (Wildman–Crippen LogP) is 4.82. The molecule has 2 amide bonds. The van der Waals surface area contributed by atoms with Gasteiger partial charge in [0.2, 0.25) is 11.8 Å². The quantitative estimate of drug-likeness (QED) is 0.165. The fourth-order valence-corrected chi connectivity index (χ4v) is 5.86. The summed E-state index contributed by atoms with van der Waals surface area (Å²) in [5.41, 5.74) is 1.65. The van der Waals surface area contributed by atoms with Crippen molar-refractivity contribution < 1.29 is 22.9 Å². The number of amides is 2. The molecule has 0 aromatic heterocycles. The number of aryl methyl sites for hydroxylation is 1. The number of carbonyl (C=O) groups excluding carboxylic acids is 2. The van der Waals surface area contributed by atoms with Crippen molar-refractivity contribution in [3.8, 4) is 0 Å². The molecule has 218 valence electrons. The maximum atomic E-state index is 14.0. The number of nitrogens with one attached hydrogen (secondary N) is 1. The minimum atomic E-state index is -4.25. The summed E-state index contributed by atoms with van der Waals surface area (Å²) in [5, 5.41) is 14.1. The molecule has 0 unspecified atom stereocenters. The number of unbranched alkanes of at least 4 members (excludes halogenated alkanes) is 1. The van der Waals surface area contributed by atoms with Crippen molar-refractivity contribution in [2.75, 3.05) is 17.4 Å². The first-order chi connectivity index (χ1) is 19.6. The van der Waals surface area contributed by atoms with Gasteiger partial charge in [0.05, 0.1) is 15.5 Å². The fraction of sp³-hybridized carbons (Fsp3) is 0.333. The van der Waals surface area contributed by atoms with Crippen LogP contribution < -0.4 is 9.62 Å². The van der Waals surface area contributed by atoms with Gasteiger partial charge in [0.25, 0.3) is 15.7 Å². The molecule has 0 heterocycles. The summed E-state index contributed by atoms with van der Waals surface area (Å²) in [4.78, 5) is 39.3. The van der Waals surface area contributed by atoms with Gasteiger partial charge < -0.3 is 10.2 Å². The first-order valence-electron chi connectivity index (χ1n) is 13.5. The molecule has 0 saturated heterocycles. The van der Waals surface area contributed by atoms with Crippen molar-refractivity contribution in [1.29, 1.82) is 0 Å². The van der Waals surface area contributed by atoms with E-state index in [4.69, 9.17) is 0 Å². The van der Waals surface area contributed by atoms with Crippen molar-refractivity contribution in [3.05, 3.63) is 100 Å². The van der Waals surface area contributed by atoms with E-state index in [9.17, 15) is 28.1 Å². The highest BCUT2D eigenvalue weighted by molar-refractivity contribution is 7.92. The molecule has 0 spiro atoms. The van der Waals surface area contributed by atoms with Crippen molar-refractivity contribution >= 4 is 33.2 Å². The van der Waals surface area contributed by atoms with Crippen molar-refractivity contribution in [1.82, 2.24) is 10.2 Å². The second-order valence-corrected chi connectivity index (χ2v) is 11.5. The van der Waals surface area contributed by atoms with Gasteiger partial charge in [0.1, 0.15) is 12.6 Å². The van der Waals surface area contributed by atoms with Gasteiger partial charge in [-0.05, 0) is 49.6 Å². The van der Waals surface area contributed by atoms with E-state index in [1.165, 1.54) is 41.3 Å². The van der Waals surface area contributed by atoms with E-state index in [0.717, 1.165) is 28.3 Å². The first-order valence-corrected chi connectivity index (χ1v) is 15.0. The Balaban J connectivity index is 2.04. The number of nitro groups is 1. The smallest absolute Gasteiger partial charge is 0.269 e. The van der Waals surface area contributed by atoms with E-state index in [1.54, 1.807) is 25.1 Å². The van der Waals surface area contributed by atoms with Gasteiger partial charge in [-0.15, -0.1) is 0 Å². The van der Waals surface area contributed by atoms with Gasteiger partial charge in [-0.2, -0.15) is 0 Å². The summed E-state index contributed by atoms with van der Waals surface area (Å²) < 4.78 is 28.5. The van der Waals surface area contributed by atoms with Crippen molar-refractivity contribution in [2.45, 2.75) is 57.5 Å². The Hall–Kier alpha value is -4.25. The summed E-state index contributed by atoms with van der Waals surface area (Å²) in [5.74, 6) is -0.892. The minimum Gasteiger partial charge on any atom is -0.354 e. The summed E-state index contributed by atoms with van der Waals surface area (Å²) in [6.45, 7) is 5.69. The highest BCUT2D eigenvalue weighted by Crippen LogP contribution is 2.26. The van der Waals surface area contributed by atoms with Gasteiger partial charge in [-0.25, -0.2) is 8.42 Å². The van der Waals surface area contributed by atoms with Gasteiger partial charge in [-0.3, -0.25) is 24.0 Å². The molecule has 3 rings (SSSR count). The maximum absolute atomic E-state index is 14.0. The van der Waals surface area contributed by atoms with Crippen LogP contribution in [0.5, 0.6) is 0 Å². The number of anilines is 1. The Labute approximate surface area is 241 Å². The largest absolute Gasteiger partial charge is 0.354 e. The topological polar surface area (TPSA) is 130 Å². The highest BCUT2D eigenvalue weighted by atomic mass is 32.2. The van der Waals surface area contributed by atoms with Crippen LogP contribution in [0.1, 0.15) is 44.2 Å². The number of nitro benzene ring substituents is 1. The van der Waals surface area contributed by atoms with Crippen LogP contribution in [0.25, 0.3) is 0 Å². The second-order valence-electron chi connectivity index (χ2n) is 9.68. The molecule has 0 radical (unpaired) electrons. The molecular formula is C30H36N4O6S. The minimum absolute atomic E-state index is 0.0410. The van der Waals surface area contributed by atoms with E-state index in [-0.39, 0.29) is 28.7 Å². The second kappa shape index (κ2) is 14.4. The third-order valence-electron chi connectivity index (χ3n) is 6.61. The van der Waals surface area contributed by atoms with Crippen LogP contribution in [0, 0.1) is 17.0 Å². The van der Waals surface area contributed by atoms with E-state index in [0.29, 0.717) is 13.0 Å². The molecule has 1 atom stereocenters. The average Bonchev–Trinajstić information content (AvgIpc) is 2.96. The average molecular weight is 581 g/mol. The van der Waals surface area contributed by atoms with Crippen LogP contribution in [-0.4, -0.2) is 49.2 Å². The normalized spacial score (nSPS) is 11.9. The van der Waals surface area contributed by atoms with E-state index in [2.05, 4.69) is 5.32 Å². The SMILES string of the molecule is CCCCNC(=O)[C@H](CC)N(Cc1cccc(C)c1)C(=O)CN(c1ccc([N+](=O)[O-])cc1)S(=O)(=O)c1ccccc1. The van der Waals surface area contributed by atoms with E-state index < -0.39 is 33.4 Å². The Morgan fingerprint density at radius 1 is 0.976 bits per heavy atom. The van der Waals surface area contributed by atoms with E-state index >= 15 is 0 Å². The molecule has 0 aliphatic rings. The summed E-state index contributed by atoms with van der Waals surface area (Å²) in [6.07, 6.45) is 2.00. The predicted molar refractivity (Wildman–Crippen MR) is 158 cm³/mol. The molecule has 0 fully saturated rings. The number of sulfonamides is 1. The molecule has 3 aromatic rings. The molecule has 41 heavy (non-hydrogen) atoms. The van der Waals surface area contributed by atoms with Gasteiger partial charge in [0, 0.05) is 25.2 Å². The Bertz CT molecular complexity index is 1450. The Kier molecular flexibility index (Phi) is 11.0. The lowest BCUT2D eigenvalue weighted by atomic mass is 10.1. The lowest BCUT2D eigenvalue weighted by Crippen LogP contribution is -2.52. The zero-order valence-electron chi connectivity index (χ0n) is 23.5. The van der Waals surface area contributed by atoms with Crippen LogP contribution >= 0.6 is 0 Å². The summed E-state index contributed by atoms with van der Waals surface area (Å²) in [6, 6.07) is 19.3. The number of rotatable bonds is 14. The number of nitrogens with zero attached hydrogens (tertiary/aromatic N) is 3. The Morgan fingerprint density at radius 3 is 2.24 bits per heavy atom. The molecule has 0 aliphatic heterocycles. The standard InChI is InChI=1S/C30H36N4O6S/c1-4-6-19-31-30(36)28(5-2)32(21-24-12-10-11-23(3)20-24)29(35)22-33(25-15-17-26(18-16-25)34(37)38)41(39,40)27-13-8-7-9-14-27/h7-18,20,28H,4-6,19,21-22H2,1-3H3,(H,31,36)/t28-/m0/s1. The first kappa shape index (κ1) is 31.3. The highest BCUT2D eigenvalue weighted by Gasteiger charge is 2.33. The van der Waals surface area contributed by atoms with Crippen LogP contribution in [0.3, 0.4) is 0 Å². The zero-order valence-corrected chi connectivity index (χ0v) is 24.3. The van der Waals surface area contributed by atoms with Crippen LogP contribution in [0.2, 0.25) is 0 Å². The molecule has 11 heteroatoms. The fourth-order valence-electron chi connectivity index (χ4n) is 4.42. The lowest BCUT2D eigenvalue weighted by molar-refractivity contribution is -0.384. The molecule has 0 saturated carbocycles. The summed E-state index contributed by atoms with van der Waals surface area (Å²) in [7, 11) is -4.25. The molecule has 3 aromatic carbocycles. The number of carbonyl (C=O) groups is 2. The lowest BCUT2D eigenvalue weighted by Gasteiger charge is -2.33. The van der Waals surface area contributed by atoms with Crippen LogP contribution in [0.15, 0.2) is 83.8 Å². The maximum Gasteiger partial charge on any atom is 0.269 e. The number of hydrogen-bond donors (Lipinski definition) is 1. The number of hydrogen-bond acceptors (Lipinski definition) is 6. The van der Waals surface area contributed by atoms with Gasteiger partial charge in [-0.1, -0.05) is 68.3 Å². The monoisotopic (exact) mass is 580 g/mol. The third kappa shape index (κ3) is 8.14. The zero-order chi connectivity index (χ0) is 30.0. The molecule has 0 aliphatic carbocycles. The van der Waals surface area contributed by atoms with Crippen molar-refractivity contribution in [3.63, 3.8) is 0 Å². The summed E-state index contributed by atoms with van der Waals surface area (Å²) >= 11 is 0. The van der Waals surface area contributed by atoms with Gasteiger partial charge >= 0.3 is 0 Å². The van der Waals surface area contributed by atoms with Crippen LogP contribution in [0.4, 0.5) is 11.4 Å². The molecule has 0 bridgehead atoms. The Morgan fingerprint density at radius 2 is 1.66 bits per heavy atom. The molecular weight excluding hydrogens is 544 g/mol. The molecule has 1 N–H and O–H groups in total. The van der Waals surface area contributed by atoms with Gasteiger partial charge in [0.15, 0.2) is 0 Å². The number of benzene rings is 3. The van der Waals surface area contributed by atoms with Crippen LogP contribution in [-0.2, 0) is 26.2 Å². The third-order valence-corrected chi connectivity index (χ3v) is 8.40. The number of non-ortho nitro benzene ring substituents is 1.